The molecule has 0 aliphatic rings. The third-order valence-electron chi connectivity index (χ3n) is 2.21. The second kappa shape index (κ2) is 4.51. The van der Waals surface area contributed by atoms with Crippen LogP contribution in [0.1, 0.15) is 34.2 Å². The average molecular weight is 216 g/mol. The normalized spacial score (nSPS) is 10.3. The van der Waals surface area contributed by atoms with E-state index in [1.807, 2.05) is 13.8 Å². The highest BCUT2D eigenvalue weighted by atomic mass is 35.5. The van der Waals surface area contributed by atoms with Crippen molar-refractivity contribution in [3.8, 4) is 0 Å². The summed E-state index contributed by atoms with van der Waals surface area (Å²) in [5, 5.41) is 0. The molecule has 0 aromatic carbocycles. The topological polar surface area (TPSA) is 42.1 Å². The lowest BCUT2D eigenvalue weighted by Crippen LogP contribution is -2.06. The third kappa shape index (κ3) is 1.93. The number of alkyl halides is 1. The standard InChI is InChI=1S/C10H14ClNO2/c1-4-14-10(13)9-6(2)8(5-11)7(3)12-9/h12H,4-5H2,1-3H3. The molecule has 4 heteroatoms. The van der Waals surface area contributed by atoms with Gasteiger partial charge in [-0.15, -0.1) is 11.6 Å². The molecule has 0 radical (unpaired) electrons. The number of ether oxygens (including phenoxy) is 1. The van der Waals surface area contributed by atoms with Gasteiger partial charge in [-0.2, -0.15) is 0 Å². The van der Waals surface area contributed by atoms with Crippen molar-refractivity contribution in [3.63, 3.8) is 0 Å². The lowest BCUT2D eigenvalue weighted by atomic mass is 10.1. The molecule has 0 aliphatic carbocycles. The van der Waals surface area contributed by atoms with E-state index in [0.29, 0.717) is 18.2 Å². The van der Waals surface area contributed by atoms with Crippen LogP contribution in [-0.4, -0.2) is 17.6 Å². The molecule has 0 saturated carbocycles. The summed E-state index contributed by atoms with van der Waals surface area (Å²) >= 11 is 5.76. The van der Waals surface area contributed by atoms with E-state index in [-0.39, 0.29) is 5.97 Å². The molecule has 1 N–H and O–H groups in total. The van der Waals surface area contributed by atoms with Crippen LogP contribution in [0.5, 0.6) is 0 Å². The van der Waals surface area contributed by atoms with Gasteiger partial charge in [0.15, 0.2) is 0 Å². The van der Waals surface area contributed by atoms with Crippen molar-refractivity contribution in [2.45, 2.75) is 26.7 Å². The van der Waals surface area contributed by atoms with Crippen LogP contribution in [0.2, 0.25) is 0 Å². The number of aromatic nitrogens is 1. The van der Waals surface area contributed by atoms with Crippen molar-refractivity contribution in [2.24, 2.45) is 0 Å². The molecule has 14 heavy (non-hydrogen) atoms. The van der Waals surface area contributed by atoms with E-state index >= 15 is 0 Å². The minimum Gasteiger partial charge on any atom is -0.461 e. The zero-order valence-electron chi connectivity index (χ0n) is 8.61. The summed E-state index contributed by atoms with van der Waals surface area (Å²) in [6, 6.07) is 0. The molecule has 1 aromatic heterocycles. The fourth-order valence-electron chi connectivity index (χ4n) is 1.40. The minimum atomic E-state index is -0.315. The summed E-state index contributed by atoms with van der Waals surface area (Å²) in [7, 11) is 0. The monoisotopic (exact) mass is 215 g/mol. The van der Waals surface area contributed by atoms with Crippen molar-refractivity contribution < 1.29 is 9.53 Å². The summed E-state index contributed by atoms with van der Waals surface area (Å²) in [4.78, 5) is 14.4. The lowest BCUT2D eigenvalue weighted by molar-refractivity contribution is 0.0519. The number of H-pyrrole nitrogens is 1. The fourth-order valence-corrected chi connectivity index (χ4v) is 1.80. The fraction of sp³-hybridized carbons (Fsp3) is 0.500. The molecule has 0 fully saturated rings. The number of halogens is 1. The van der Waals surface area contributed by atoms with Gasteiger partial charge in [0.2, 0.25) is 0 Å². The SMILES string of the molecule is CCOC(=O)c1[nH]c(C)c(CCl)c1C. The molecule has 1 aromatic rings. The Kier molecular flexibility index (Phi) is 3.58. The van der Waals surface area contributed by atoms with E-state index in [2.05, 4.69) is 4.98 Å². The Labute approximate surface area is 88.4 Å². The summed E-state index contributed by atoms with van der Waals surface area (Å²) in [5.74, 6) is 0.0950. The summed E-state index contributed by atoms with van der Waals surface area (Å²) in [5.41, 5.74) is 3.31. The first-order chi connectivity index (χ1) is 6.61. The van der Waals surface area contributed by atoms with Crippen molar-refractivity contribution in [3.05, 3.63) is 22.5 Å². The molecule has 0 aliphatic heterocycles. The number of nitrogens with one attached hydrogen (secondary N) is 1. The van der Waals surface area contributed by atoms with Crippen LogP contribution in [0.25, 0.3) is 0 Å². The molecule has 0 unspecified atom stereocenters. The Bertz CT molecular complexity index is 344. The van der Waals surface area contributed by atoms with Gasteiger partial charge in [-0.25, -0.2) is 4.79 Å². The summed E-state index contributed by atoms with van der Waals surface area (Å²) in [6.07, 6.45) is 0. The van der Waals surface area contributed by atoms with Crippen molar-refractivity contribution in [2.75, 3.05) is 6.61 Å². The van der Waals surface area contributed by atoms with E-state index in [4.69, 9.17) is 16.3 Å². The minimum absolute atomic E-state index is 0.315. The van der Waals surface area contributed by atoms with Gasteiger partial charge in [0.1, 0.15) is 5.69 Å². The summed E-state index contributed by atoms with van der Waals surface area (Å²) in [6.45, 7) is 5.93. The van der Waals surface area contributed by atoms with Gasteiger partial charge in [0.25, 0.3) is 0 Å². The first kappa shape index (κ1) is 11.1. The molecular weight excluding hydrogens is 202 g/mol. The van der Waals surface area contributed by atoms with Crippen LogP contribution in [-0.2, 0) is 10.6 Å². The molecule has 0 saturated heterocycles. The van der Waals surface area contributed by atoms with Gasteiger partial charge in [-0.3, -0.25) is 0 Å². The van der Waals surface area contributed by atoms with Gasteiger partial charge < -0.3 is 9.72 Å². The van der Waals surface area contributed by atoms with Gasteiger partial charge in [-0.1, -0.05) is 0 Å². The van der Waals surface area contributed by atoms with Crippen LogP contribution in [0.15, 0.2) is 0 Å². The third-order valence-corrected chi connectivity index (χ3v) is 2.47. The lowest BCUT2D eigenvalue weighted by Gasteiger charge is -2.00. The zero-order chi connectivity index (χ0) is 10.7. The second-order valence-electron chi connectivity index (χ2n) is 3.08. The van der Waals surface area contributed by atoms with Gasteiger partial charge in [0.05, 0.1) is 6.61 Å². The van der Waals surface area contributed by atoms with Crippen molar-refractivity contribution >= 4 is 17.6 Å². The number of aromatic amines is 1. The first-order valence-electron chi connectivity index (χ1n) is 4.52. The quantitative estimate of drug-likeness (QED) is 0.622. The van der Waals surface area contributed by atoms with E-state index in [0.717, 1.165) is 16.8 Å². The zero-order valence-corrected chi connectivity index (χ0v) is 9.36. The number of esters is 1. The van der Waals surface area contributed by atoms with Crippen molar-refractivity contribution in [1.29, 1.82) is 0 Å². The molecule has 0 atom stereocenters. The number of rotatable bonds is 3. The van der Waals surface area contributed by atoms with Gasteiger partial charge in [-0.05, 0) is 31.9 Å². The molecule has 1 rings (SSSR count). The Morgan fingerprint density at radius 3 is 2.57 bits per heavy atom. The molecule has 0 bridgehead atoms. The maximum atomic E-state index is 11.5. The van der Waals surface area contributed by atoms with E-state index in [1.165, 1.54) is 0 Å². The number of aryl methyl sites for hydroxylation is 1. The number of hydrogen-bond donors (Lipinski definition) is 1. The Hall–Kier alpha value is -0.960. The second-order valence-corrected chi connectivity index (χ2v) is 3.35. The van der Waals surface area contributed by atoms with E-state index in [9.17, 15) is 4.79 Å². The van der Waals surface area contributed by atoms with Crippen LogP contribution in [0.3, 0.4) is 0 Å². The molecule has 1 heterocycles. The van der Waals surface area contributed by atoms with E-state index < -0.39 is 0 Å². The maximum absolute atomic E-state index is 11.5. The maximum Gasteiger partial charge on any atom is 0.355 e. The van der Waals surface area contributed by atoms with Crippen LogP contribution in [0, 0.1) is 13.8 Å². The molecule has 78 valence electrons. The van der Waals surface area contributed by atoms with Gasteiger partial charge >= 0.3 is 5.97 Å². The predicted octanol–water partition coefficient (Wildman–Crippen LogP) is 2.55. The van der Waals surface area contributed by atoms with Crippen LogP contribution >= 0.6 is 11.6 Å². The smallest absolute Gasteiger partial charge is 0.355 e. The highest BCUT2D eigenvalue weighted by Gasteiger charge is 2.17. The first-order valence-corrected chi connectivity index (χ1v) is 5.06. The number of hydrogen-bond acceptors (Lipinski definition) is 2. The average Bonchev–Trinajstić information content (AvgIpc) is 2.42. The number of carbonyl (C=O) groups excluding carboxylic acids is 1. The van der Waals surface area contributed by atoms with Crippen LogP contribution < -0.4 is 0 Å². The molecule has 0 spiro atoms. The van der Waals surface area contributed by atoms with Crippen molar-refractivity contribution in [1.82, 2.24) is 4.98 Å². The Morgan fingerprint density at radius 2 is 2.14 bits per heavy atom. The molecule has 0 amide bonds. The summed E-state index contributed by atoms with van der Waals surface area (Å²) < 4.78 is 4.91. The Morgan fingerprint density at radius 1 is 1.50 bits per heavy atom. The highest BCUT2D eigenvalue weighted by Crippen LogP contribution is 2.20. The van der Waals surface area contributed by atoms with Gasteiger partial charge in [0, 0.05) is 11.6 Å². The van der Waals surface area contributed by atoms with E-state index in [1.54, 1.807) is 6.92 Å². The molecular formula is C10H14ClNO2. The number of carbonyl (C=O) groups is 1. The highest BCUT2D eigenvalue weighted by molar-refractivity contribution is 6.17. The predicted molar refractivity (Wildman–Crippen MR) is 55.8 cm³/mol. The Balaban J connectivity index is 3.04. The largest absolute Gasteiger partial charge is 0.461 e. The van der Waals surface area contributed by atoms with Crippen LogP contribution in [0.4, 0.5) is 0 Å². The molecule has 3 nitrogen and oxygen atoms in total.